The molecular weight excluding hydrogens is 196 g/mol. The highest BCUT2D eigenvalue weighted by molar-refractivity contribution is 4.64. The minimum absolute atomic E-state index is 0.334. The Kier molecular flexibility index (Phi) is 8.96. The van der Waals surface area contributed by atoms with Crippen LogP contribution in [0.5, 0.6) is 0 Å². The first-order valence-electron chi connectivity index (χ1n) is 6.89. The van der Waals surface area contributed by atoms with Gasteiger partial charge in [0, 0.05) is 6.04 Å². The van der Waals surface area contributed by atoms with Crippen LogP contribution in [0.25, 0.3) is 0 Å². The molecule has 0 spiro atoms. The standard InChI is InChI=1S/C14H32N2/c1-12(2)6-9-16(10-7-13(3)4)11-8-14(5)15/h12-14H,6-11,15H2,1-5H3. The van der Waals surface area contributed by atoms with Gasteiger partial charge in [-0.2, -0.15) is 0 Å². The second-order valence-electron chi connectivity index (χ2n) is 5.97. The average molecular weight is 228 g/mol. The van der Waals surface area contributed by atoms with E-state index in [9.17, 15) is 0 Å². The molecule has 2 N–H and O–H groups in total. The maximum absolute atomic E-state index is 5.83. The third-order valence-corrected chi connectivity index (χ3v) is 2.95. The Balaban J connectivity index is 3.85. The lowest BCUT2D eigenvalue weighted by Gasteiger charge is -2.24. The first-order valence-corrected chi connectivity index (χ1v) is 6.89. The van der Waals surface area contributed by atoms with Crippen molar-refractivity contribution in [2.75, 3.05) is 19.6 Å². The van der Waals surface area contributed by atoms with Crippen molar-refractivity contribution in [2.24, 2.45) is 17.6 Å². The van der Waals surface area contributed by atoms with Crippen LogP contribution in [-0.2, 0) is 0 Å². The Morgan fingerprint density at radius 1 is 0.750 bits per heavy atom. The molecule has 0 aliphatic rings. The Morgan fingerprint density at radius 3 is 1.44 bits per heavy atom. The van der Waals surface area contributed by atoms with Crippen LogP contribution < -0.4 is 5.73 Å². The Bertz CT molecular complexity index is 124. The Morgan fingerprint density at radius 2 is 1.12 bits per heavy atom. The number of hydrogen-bond acceptors (Lipinski definition) is 2. The summed E-state index contributed by atoms with van der Waals surface area (Å²) in [5, 5.41) is 0. The number of nitrogens with zero attached hydrogens (tertiary/aromatic N) is 1. The molecule has 0 radical (unpaired) electrons. The summed E-state index contributed by atoms with van der Waals surface area (Å²) in [6.45, 7) is 14.9. The predicted octanol–water partition coefficient (Wildman–Crippen LogP) is 3.12. The molecule has 0 aromatic carbocycles. The van der Waals surface area contributed by atoms with Crippen molar-refractivity contribution < 1.29 is 0 Å². The van der Waals surface area contributed by atoms with E-state index < -0.39 is 0 Å². The van der Waals surface area contributed by atoms with Crippen molar-refractivity contribution in [3.63, 3.8) is 0 Å². The highest BCUT2D eigenvalue weighted by atomic mass is 15.1. The number of nitrogens with two attached hydrogens (primary N) is 1. The Hall–Kier alpha value is -0.0800. The third kappa shape index (κ3) is 10.4. The van der Waals surface area contributed by atoms with Crippen molar-refractivity contribution in [3.05, 3.63) is 0 Å². The molecule has 0 rings (SSSR count). The fourth-order valence-electron chi connectivity index (χ4n) is 1.60. The minimum Gasteiger partial charge on any atom is -0.328 e. The van der Waals surface area contributed by atoms with E-state index in [2.05, 4.69) is 39.5 Å². The molecule has 0 aromatic rings. The molecule has 0 saturated carbocycles. The largest absolute Gasteiger partial charge is 0.328 e. The van der Waals surface area contributed by atoms with Crippen LogP contribution in [0.15, 0.2) is 0 Å². The van der Waals surface area contributed by atoms with Crippen molar-refractivity contribution in [1.29, 1.82) is 0 Å². The fraction of sp³-hybridized carbons (Fsp3) is 1.00. The van der Waals surface area contributed by atoms with Gasteiger partial charge >= 0.3 is 0 Å². The van der Waals surface area contributed by atoms with Crippen molar-refractivity contribution in [2.45, 2.75) is 59.9 Å². The average Bonchev–Trinajstić information content (AvgIpc) is 2.15. The van der Waals surface area contributed by atoms with E-state index in [4.69, 9.17) is 5.73 Å². The summed E-state index contributed by atoms with van der Waals surface area (Å²) in [5.74, 6) is 1.61. The minimum atomic E-state index is 0.334. The third-order valence-electron chi connectivity index (χ3n) is 2.95. The van der Waals surface area contributed by atoms with E-state index in [1.165, 1.54) is 25.9 Å². The molecule has 0 amide bonds. The van der Waals surface area contributed by atoms with Gasteiger partial charge in [-0.3, -0.25) is 0 Å². The lowest BCUT2D eigenvalue weighted by molar-refractivity contribution is 0.236. The predicted molar refractivity (Wildman–Crippen MR) is 73.6 cm³/mol. The molecule has 1 unspecified atom stereocenters. The van der Waals surface area contributed by atoms with Gasteiger partial charge in [0.1, 0.15) is 0 Å². The Labute approximate surface area is 103 Å². The van der Waals surface area contributed by atoms with Gasteiger partial charge in [-0.05, 0) is 57.7 Å². The van der Waals surface area contributed by atoms with E-state index in [1.807, 2.05) is 0 Å². The van der Waals surface area contributed by atoms with Gasteiger partial charge in [0.05, 0.1) is 0 Å². The molecule has 98 valence electrons. The van der Waals surface area contributed by atoms with Gasteiger partial charge in [0.15, 0.2) is 0 Å². The van der Waals surface area contributed by atoms with Crippen LogP contribution in [0.4, 0.5) is 0 Å². The fourth-order valence-corrected chi connectivity index (χ4v) is 1.60. The monoisotopic (exact) mass is 228 g/mol. The highest BCUT2D eigenvalue weighted by Gasteiger charge is 2.08. The molecule has 0 aliphatic heterocycles. The lowest BCUT2D eigenvalue weighted by atomic mass is 10.1. The molecule has 2 heteroatoms. The lowest BCUT2D eigenvalue weighted by Crippen LogP contribution is -2.32. The molecule has 0 bridgehead atoms. The molecule has 0 heterocycles. The second kappa shape index (κ2) is 9.00. The molecule has 16 heavy (non-hydrogen) atoms. The quantitative estimate of drug-likeness (QED) is 0.657. The molecule has 2 nitrogen and oxygen atoms in total. The van der Waals surface area contributed by atoms with Crippen molar-refractivity contribution >= 4 is 0 Å². The molecule has 0 aromatic heterocycles. The maximum Gasteiger partial charge on any atom is 0.00226 e. The van der Waals surface area contributed by atoms with Gasteiger partial charge in [0.25, 0.3) is 0 Å². The van der Waals surface area contributed by atoms with Gasteiger partial charge in [-0.1, -0.05) is 27.7 Å². The smallest absolute Gasteiger partial charge is 0.00226 e. The van der Waals surface area contributed by atoms with E-state index in [0.29, 0.717) is 6.04 Å². The van der Waals surface area contributed by atoms with Crippen LogP contribution in [0.3, 0.4) is 0 Å². The van der Waals surface area contributed by atoms with Crippen LogP contribution in [0.2, 0.25) is 0 Å². The highest BCUT2D eigenvalue weighted by Crippen LogP contribution is 2.07. The SMILES string of the molecule is CC(C)CCN(CCC(C)C)CCC(C)N. The summed E-state index contributed by atoms with van der Waals surface area (Å²) >= 11 is 0. The van der Waals surface area contributed by atoms with Crippen LogP contribution >= 0.6 is 0 Å². The van der Waals surface area contributed by atoms with E-state index >= 15 is 0 Å². The molecule has 0 saturated heterocycles. The maximum atomic E-state index is 5.83. The van der Waals surface area contributed by atoms with Crippen LogP contribution in [-0.4, -0.2) is 30.6 Å². The van der Waals surface area contributed by atoms with E-state index in [1.54, 1.807) is 0 Å². The first kappa shape index (κ1) is 15.9. The summed E-state index contributed by atoms with van der Waals surface area (Å²) in [4.78, 5) is 2.59. The van der Waals surface area contributed by atoms with Crippen molar-refractivity contribution in [1.82, 2.24) is 4.90 Å². The number of hydrogen-bond donors (Lipinski definition) is 1. The number of rotatable bonds is 9. The zero-order valence-corrected chi connectivity index (χ0v) is 12.0. The van der Waals surface area contributed by atoms with Crippen molar-refractivity contribution in [3.8, 4) is 0 Å². The molecule has 0 aliphatic carbocycles. The molecule has 0 fully saturated rings. The summed E-state index contributed by atoms with van der Waals surface area (Å²) in [6, 6.07) is 0.334. The molecule has 1 atom stereocenters. The van der Waals surface area contributed by atoms with Gasteiger partial charge in [-0.25, -0.2) is 0 Å². The summed E-state index contributed by atoms with van der Waals surface area (Å²) < 4.78 is 0. The zero-order valence-electron chi connectivity index (χ0n) is 12.0. The van der Waals surface area contributed by atoms with E-state index in [-0.39, 0.29) is 0 Å². The first-order chi connectivity index (χ1) is 7.41. The zero-order chi connectivity index (χ0) is 12.6. The molecular formula is C14H32N2. The van der Waals surface area contributed by atoms with Gasteiger partial charge in [-0.15, -0.1) is 0 Å². The van der Waals surface area contributed by atoms with Crippen LogP contribution in [0, 0.1) is 11.8 Å². The summed E-state index contributed by atoms with van der Waals surface area (Å²) in [7, 11) is 0. The normalized spacial score (nSPS) is 14.1. The summed E-state index contributed by atoms with van der Waals surface area (Å²) in [5.41, 5.74) is 5.83. The topological polar surface area (TPSA) is 29.3 Å². The van der Waals surface area contributed by atoms with Gasteiger partial charge in [0.2, 0.25) is 0 Å². The van der Waals surface area contributed by atoms with E-state index in [0.717, 1.165) is 24.8 Å². The van der Waals surface area contributed by atoms with Crippen LogP contribution in [0.1, 0.15) is 53.9 Å². The van der Waals surface area contributed by atoms with Gasteiger partial charge < -0.3 is 10.6 Å². The second-order valence-corrected chi connectivity index (χ2v) is 5.97. The summed E-state index contributed by atoms with van der Waals surface area (Å²) in [6.07, 6.45) is 3.73.